The van der Waals surface area contributed by atoms with Crippen LogP contribution in [0.5, 0.6) is 0 Å². The maximum Gasteiger partial charge on any atom is 0.354 e. The molecule has 6 heteroatoms. The lowest BCUT2D eigenvalue weighted by Crippen LogP contribution is -2.43. The Morgan fingerprint density at radius 2 is 2.50 bits per heavy atom. The van der Waals surface area contributed by atoms with Gasteiger partial charge < -0.3 is 20.1 Å². The zero-order valence-corrected chi connectivity index (χ0v) is 10.3. The Morgan fingerprint density at radius 1 is 1.67 bits per heavy atom. The number of aromatic nitrogens is 1. The van der Waals surface area contributed by atoms with Gasteiger partial charge in [-0.25, -0.2) is 9.78 Å². The first-order valence-electron chi connectivity index (χ1n) is 5.88. The van der Waals surface area contributed by atoms with Gasteiger partial charge in [-0.3, -0.25) is 0 Å². The SMILES string of the molecule is CN1CCOC(CNc2ccc(C(=O)O)nc2)C1. The van der Waals surface area contributed by atoms with Crippen molar-refractivity contribution < 1.29 is 14.6 Å². The third kappa shape index (κ3) is 3.41. The van der Waals surface area contributed by atoms with Gasteiger partial charge in [-0.2, -0.15) is 0 Å². The molecule has 2 rings (SSSR count). The fourth-order valence-corrected chi connectivity index (χ4v) is 1.85. The highest BCUT2D eigenvalue weighted by molar-refractivity contribution is 5.85. The highest BCUT2D eigenvalue weighted by Gasteiger charge is 2.17. The van der Waals surface area contributed by atoms with E-state index < -0.39 is 5.97 Å². The van der Waals surface area contributed by atoms with E-state index in [1.54, 1.807) is 6.07 Å². The number of rotatable bonds is 4. The van der Waals surface area contributed by atoms with E-state index in [0.29, 0.717) is 6.54 Å². The van der Waals surface area contributed by atoms with Crippen LogP contribution in [0, 0.1) is 0 Å². The fourth-order valence-electron chi connectivity index (χ4n) is 1.85. The molecular weight excluding hydrogens is 234 g/mol. The molecule has 98 valence electrons. The third-order valence-corrected chi connectivity index (χ3v) is 2.86. The van der Waals surface area contributed by atoms with Gasteiger partial charge in [0.1, 0.15) is 5.69 Å². The van der Waals surface area contributed by atoms with Gasteiger partial charge in [-0.05, 0) is 19.2 Å². The maximum atomic E-state index is 10.6. The summed E-state index contributed by atoms with van der Waals surface area (Å²) in [4.78, 5) is 16.7. The average molecular weight is 251 g/mol. The summed E-state index contributed by atoms with van der Waals surface area (Å²) in [7, 11) is 2.07. The first-order chi connectivity index (χ1) is 8.65. The topological polar surface area (TPSA) is 74.7 Å². The van der Waals surface area contributed by atoms with Gasteiger partial charge in [0.15, 0.2) is 0 Å². The van der Waals surface area contributed by atoms with Crippen molar-refractivity contribution in [3.63, 3.8) is 0 Å². The van der Waals surface area contributed by atoms with Gasteiger partial charge in [0.05, 0.1) is 24.6 Å². The van der Waals surface area contributed by atoms with Crippen molar-refractivity contribution in [2.24, 2.45) is 0 Å². The molecule has 2 heterocycles. The van der Waals surface area contributed by atoms with Crippen molar-refractivity contribution in [2.75, 3.05) is 38.6 Å². The van der Waals surface area contributed by atoms with E-state index in [-0.39, 0.29) is 11.8 Å². The van der Waals surface area contributed by atoms with Crippen LogP contribution in [-0.2, 0) is 4.74 Å². The summed E-state index contributed by atoms with van der Waals surface area (Å²) in [6, 6.07) is 3.20. The Morgan fingerprint density at radius 3 is 3.11 bits per heavy atom. The summed E-state index contributed by atoms with van der Waals surface area (Å²) < 4.78 is 5.61. The van der Waals surface area contributed by atoms with E-state index in [9.17, 15) is 4.79 Å². The number of carbonyl (C=O) groups is 1. The van der Waals surface area contributed by atoms with Crippen LogP contribution in [0.25, 0.3) is 0 Å². The molecule has 1 aromatic rings. The molecule has 1 aliphatic rings. The number of anilines is 1. The van der Waals surface area contributed by atoms with E-state index in [0.717, 1.165) is 25.4 Å². The van der Waals surface area contributed by atoms with E-state index in [1.165, 1.54) is 12.3 Å². The number of hydrogen-bond acceptors (Lipinski definition) is 5. The van der Waals surface area contributed by atoms with Gasteiger partial charge in [-0.15, -0.1) is 0 Å². The summed E-state index contributed by atoms with van der Waals surface area (Å²) in [6.07, 6.45) is 1.68. The molecule has 1 atom stereocenters. The Labute approximate surface area is 106 Å². The second kappa shape index (κ2) is 5.79. The average Bonchev–Trinajstić information content (AvgIpc) is 2.37. The lowest BCUT2D eigenvalue weighted by atomic mass is 10.2. The molecule has 0 aromatic carbocycles. The van der Waals surface area contributed by atoms with Gasteiger partial charge in [0.25, 0.3) is 0 Å². The van der Waals surface area contributed by atoms with Crippen LogP contribution in [0.2, 0.25) is 0 Å². The molecule has 1 aliphatic heterocycles. The number of ether oxygens (including phenoxy) is 1. The van der Waals surface area contributed by atoms with E-state index in [1.807, 2.05) is 0 Å². The standard InChI is InChI=1S/C12H17N3O3/c1-15-4-5-18-10(8-15)7-13-9-2-3-11(12(16)17)14-6-9/h2-3,6,10,13H,4-5,7-8H2,1H3,(H,16,17). The van der Waals surface area contributed by atoms with E-state index >= 15 is 0 Å². The molecule has 0 aliphatic carbocycles. The van der Waals surface area contributed by atoms with Crippen molar-refractivity contribution in [3.05, 3.63) is 24.0 Å². The molecule has 0 spiro atoms. The van der Waals surface area contributed by atoms with Crippen molar-refractivity contribution >= 4 is 11.7 Å². The molecule has 18 heavy (non-hydrogen) atoms. The number of likely N-dealkylation sites (N-methyl/N-ethyl adjacent to an activating group) is 1. The van der Waals surface area contributed by atoms with E-state index in [2.05, 4.69) is 22.2 Å². The molecule has 6 nitrogen and oxygen atoms in total. The summed E-state index contributed by atoms with van der Waals surface area (Å²) in [5.74, 6) is -1.02. The molecule has 0 bridgehead atoms. The molecule has 1 saturated heterocycles. The summed E-state index contributed by atoms with van der Waals surface area (Å²) >= 11 is 0. The summed E-state index contributed by atoms with van der Waals surface area (Å²) in [5, 5.41) is 11.9. The van der Waals surface area contributed by atoms with Gasteiger partial charge >= 0.3 is 5.97 Å². The second-order valence-corrected chi connectivity index (χ2v) is 4.37. The Hall–Kier alpha value is -1.66. The molecule has 0 amide bonds. The van der Waals surface area contributed by atoms with Crippen molar-refractivity contribution in [1.29, 1.82) is 0 Å². The Kier molecular flexibility index (Phi) is 4.11. The Bertz CT molecular complexity index is 408. The van der Waals surface area contributed by atoms with Crippen molar-refractivity contribution in [2.45, 2.75) is 6.10 Å². The Balaban J connectivity index is 1.84. The molecule has 1 unspecified atom stereocenters. The molecule has 0 saturated carbocycles. The number of pyridine rings is 1. The van der Waals surface area contributed by atoms with Gasteiger partial charge in [0.2, 0.25) is 0 Å². The lowest BCUT2D eigenvalue weighted by molar-refractivity contribution is -0.0117. The van der Waals surface area contributed by atoms with Crippen LogP contribution >= 0.6 is 0 Å². The number of carboxylic acid groups (broad SMARTS) is 1. The fraction of sp³-hybridized carbons (Fsp3) is 0.500. The minimum Gasteiger partial charge on any atom is -0.477 e. The van der Waals surface area contributed by atoms with Crippen LogP contribution in [0.1, 0.15) is 10.5 Å². The van der Waals surface area contributed by atoms with Crippen molar-refractivity contribution in [3.8, 4) is 0 Å². The van der Waals surface area contributed by atoms with Gasteiger partial charge in [0, 0.05) is 19.6 Å². The maximum absolute atomic E-state index is 10.6. The van der Waals surface area contributed by atoms with Crippen LogP contribution in [-0.4, -0.2) is 60.4 Å². The molecule has 1 aromatic heterocycles. The minimum absolute atomic E-state index is 0.0502. The van der Waals surface area contributed by atoms with E-state index in [4.69, 9.17) is 9.84 Å². The first kappa shape index (κ1) is 12.8. The number of hydrogen-bond donors (Lipinski definition) is 2. The molecule has 2 N–H and O–H groups in total. The van der Waals surface area contributed by atoms with Crippen LogP contribution < -0.4 is 5.32 Å². The monoisotopic (exact) mass is 251 g/mol. The zero-order chi connectivity index (χ0) is 13.0. The number of nitrogens with zero attached hydrogens (tertiary/aromatic N) is 2. The molecule has 0 radical (unpaired) electrons. The number of aromatic carboxylic acids is 1. The predicted octanol–water partition coefficient (Wildman–Crippen LogP) is 0.522. The first-order valence-corrected chi connectivity index (χ1v) is 5.88. The number of morpholine rings is 1. The third-order valence-electron chi connectivity index (χ3n) is 2.86. The minimum atomic E-state index is -1.02. The molecular formula is C12H17N3O3. The summed E-state index contributed by atoms with van der Waals surface area (Å²) in [5.41, 5.74) is 0.853. The zero-order valence-electron chi connectivity index (χ0n) is 10.3. The van der Waals surface area contributed by atoms with Crippen molar-refractivity contribution in [1.82, 2.24) is 9.88 Å². The quantitative estimate of drug-likeness (QED) is 0.812. The highest BCUT2D eigenvalue weighted by atomic mass is 16.5. The normalized spacial score (nSPS) is 20.6. The van der Waals surface area contributed by atoms with Gasteiger partial charge in [-0.1, -0.05) is 0 Å². The smallest absolute Gasteiger partial charge is 0.354 e. The van der Waals surface area contributed by atoms with Crippen LogP contribution in [0.4, 0.5) is 5.69 Å². The lowest BCUT2D eigenvalue weighted by Gasteiger charge is -2.30. The largest absolute Gasteiger partial charge is 0.477 e. The summed E-state index contributed by atoms with van der Waals surface area (Å²) in [6.45, 7) is 3.30. The number of carboxylic acids is 1. The van der Waals surface area contributed by atoms with Crippen LogP contribution in [0.3, 0.4) is 0 Å². The second-order valence-electron chi connectivity index (χ2n) is 4.37. The number of nitrogens with one attached hydrogen (secondary N) is 1. The highest BCUT2D eigenvalue weighted by Crippen LogP contribution is 2.08. The predicted molar refractivity (Wildman–Crippen MR) is 66.9 cm³/mol. The molecule has 1 fully saturated rings. The van der Waals surface area contributed by atoms with Crippen LogP contribution in [0.15, 0.2) is 18.3 Å².